The number of ether oxygens (including phenoxy) is 1. The van der Waals surface area contributed by atoms with Crippen molar-refractivity contribution < 1.29 is 22.4 Å². The molecule has 3 heterocycles. The quantitative estimate of drug-likeness (QED) is 0.300. The number of benzene rings is 1. The predicted molar refractivity (Wildman–Crippen MR) is 127 cm³/mol. The molecule has 0 amide bonds. The van der Waals surface area contributed by atoms with Crippen LogP contribution in [-0.4, -0.2) is 40.1 Å². The number of allylic oxidation sites excluding steroid dienone is 5. The maximum absolute atomic E-state index is 12.8. The molecule has 192 valence electrons. The van der Waals surface area contributed by atoms with Crippen molar-refractivity contribution >= 4 is 5.57 Å². The van der Waals surface area contributed by atoms with Crippen LogP contribution in [0.4, 0.5) is 13.2 Å². The Morgan fingerprint density at radius 1 is 1.22 bits per heavy atom. The minimum Gasteiger partial charge on any atom is -0.487 e. The van der Waals surface area contributed by atoms with Gasteiger partial charge in [0.05, 0.1) is 29.6 Å². The largest absolute Gasteiger partial charge is 0.487 e. The Morgan fingerprint density at radius 3 is 2.62 bits per heavy atom. The molecule has 3 aromatic heterocycles. The highest BCUT2D eigenvalue weighted by Gasteiger charge is 2.30. The van der Waals surface area contributed by atoms with Gasteiger partial charge in [0.25, 0.3) is 5.89 Å². The second-order valence-corrected chi connectivity index (χ2v) is 8.09. The van der Waals surface area contributed by atoms with Crippen molar-refractivity contribution in [2.24, 2.45) is 7.05 Å². The van der Waals surface area contributed by atoms with Crippen LogP contribution in [0.3, 0.4) is 0 Å². The summed E-state index contributed by atoms with van der Waals surface area (Å²) >= 11 is 0. The SMILES string of the molecule is C=C/C=C(\C=C(/C)Cn1nnnc1C)c1noc(-c2cnn(C)c2COc2ccc(C(F)(F)F)cc2)n1. The van der Waals surface area contributed by atoms with E-state index in [0.29, 0.717) is 35.0 Å². The molecule has 37 heavy (non-hydrogen) atoms. The molecule has 4 aromatic rings. The summed E-state index contributed by atoms with van der Waals surface area (Å²) in [5.74, 6) is 1.51. The van der Waals surface area contributed by atoms with Crippen LogP contribution in [0.15, 0.2) is 65.4 Å². The Bertz CT molecular complexity index is 1450. The molecule has 0 aliphatic rings. The molecule has 0 saturated carbocycles. The van der Waals surface area contributed by atoms with Crippen molar-refractivity contribution in [2.75, 3.05) is 0 Å². The minimum atomic E-state index is -4.41. The lowest BCUT2D eigenvalue weighted by Crippen LogP contribution is -2.06. The summed E-state index contributed by atoms with van der Waals surface area (Å²) in [5, 5.41) is 19.8. The lowest BCUT2D eigenvalue weighted by Gasteiger charge is -2.10. The summed E-state index contributed by atoms with van der Waals surface area (Å²) in [6.45, 7) is 8.00. The highest BCUT2D eigenvalue weighted by Crippen LogP contribution is 2.31. The average molecular weight is 512 g/mol. The van der Waals surface area contributed by atoms with Gasteiger partial charge in [0.15, 0.2) is 0 Å². The summed E-state index contributed by atoms with van der Waals surface area (Å²) < 4.78 is 52.8. The second kappa shape index (κ2) is 10.6. The maximum atomic E-state index is 12.8. The molecule has 0 aliphatic heterocycles. The standard InChI is InChI=1S/C24H23F3N8O2/c1-5-6-17(11-15(2)13-35-16(3)30-32-33-35)22-29-23(37-31-22)20-12-28-34(4)21(20)14-36-19-9-7-18(8-10-19)24(25,26)27/h5-12H,1,13-14H2,2-4H3/b15-11+,17-6+. The zero-order valence-electron chi connectivity index (χ0n) is 20.3. The first kappa shape index (κ1) is 25.5. The molecule has 0 unspecified atom stereocenters. The van der Waals surface area contributed by atoms with Crippen LogP contribution in [0.2, 0.25) is 0 Å². The topological polar surface area (TPSA) is 110 Å². The van der Waals surface area contributed by atoms with Crippen molar-refractivity contribution in [3.8, 4) is 17.2 Å². The molecule has 0 aliphatic carbocycles. The van der Waals surface area contributed by atoms with E-state index in [1.807, 2.05) is 19.9 Å². The number of rotatable bonds is 9. The molecule has 0 bridgehead atoms. The Morgan fingerprint density at radius 2 is 1.97 bits per heavy atom. The number of hydrogen-bond donors (Lipinski definition) is 0. The predicted octanol–water partition coefficient (Wildman–Crippen LogP) is 4.58. The van der Waals surface area contributed by atoms with E-state index in [-0.39, 0.29) is 18.2 Å². The molecule has 0 fully saturated rings. The molecule has 10 nitrogen and oxygen atoms in total. The van der Waals surface area contributed by atoms with Gasteiger partial charge < -0.3 is 9.26 Å². The van der Waals surface area contributed by atoms with E-state index in [0.717, 1.165) is 17.7 Å². The van der Waals surface area contributed by atoms with E-state index in [4.69, 9.17) is 9.26 Å². The number of halogens is 3. The summed E-state index contributed by atoms with van der Waals surface area (Å²) in [5.41, 5.74) is 2.00. The molecule has 0 spiro atoms. The fourth-order valence-electron chi connectivity index (χ4n) is 3.41. The van der Waals surface area contributed by atoms with Gasteiger partial charge >= 0.3 is 6.18 Å². The van der Waals surface area contributed by atoms with Crippen LogP contribution in [0.1, 0.15) is 29.8 Å². The molecule has 4 rings (SSSR count). The first-order valence-corrected chi connectivity index (χ1v) is 11.0. The summed E-state index contributed by atoms with van der Waals surface area (Å²) in [6.07, 6.45) is 2.40. The number of tetrazole rings is 1. The lowest BCUT2D eigenvalue weighted by molar-refractivity contribution is -0.137. The highest BCUT2D eigenvalue weighted by atomic mass is 19.4. The number of nitrogens with zero attached hydrogens (tertiary/aromatic N) is 8. The van der Waals surface area contributed by atoms with Gasteiger partial charge in [0, 0.05) is 12.6 Å². The van der Waals surface area contributed by atoms with Crippen molar-refractivity contribution in [1.29, 1.82) is 0 Å². The van der Waals surface area contributed by atoms with E-state index < -0.39 is 11.7 Å². The van der Waals surface area contributed by atoms with Crippen LogP contribution < -0.4 is 4.74 Å². The van der Waals surface area contributed by atoms with Gasteiger partial charge in [-0.1, -0.05) is 35.5 Å². The maximum Gasteiger partial charge on any atom is 0.416 e. The number of aromatic nitrogens is 8. The van der Waals surface area contributed by atoms with Crippen molar-refractivity contribution in [1.82, 2.24) is 40.1 Å². The molecule has 1 aromatic carbocycles. The Labute approximate surface area is 209 Å². The molecule has 0 N–H and O–H groups in total. The summed E-state index contributed by atoms with van der Waals surface area (Å²) in [6, 6.07) is 4.46. The van der Waals surface area contributed by atoms with E-state index in [1.54, 1.807) is 34.8 Å². The van der Waals surface area contributed by atoms with Gasteiger partial charge in [0.1, 0.15) is 18.2 Å². The van der Waals surface area contributed by atoms with Gasteiger partial charge in [-0.2, -0.15) is 23.3 Å². The van der Waals surface area contributed by atoms with Gasteiger partial charge in [-0.3, -0.25) is 4.68 Å². The number of alkyl halides is 3. The lowest BCUT2D eigenvalue weighted by atomic mass is 10.1. The van der Waals surface area contributed by atoms with Crippen LogP contribution in [0.5, 0.6) is 5.75 Å². The number of hydrogen-bond acceptors (Lipinski definition) is 8. The van der Waals surface area contributed by atoms with Gasteiger partial charge in [-0.05, 0) is 48.5 Å². The molecule has 0 radical (unpaired) electrons. The minimum absolute atomic E-state index is 0.0224. The fraction of sp³-hybridized carbons (Fsp3) is 0.250. The highest BCUT2D eigenvalue weighted by molar-refractivity contribution is 5.72. The van der Waals surface area contributed by atoms with Crippen LogP contribution in [0, 0.1) is 6.92 Å². The normalized spacial score (nSPS) is 12.7. The molecule has 0 atom stereocenters. The second-order valence-electron chi connectivity index (χ2n) is 8.09. The zero-order chi connectivity index (χ0) is 26.6. The van der Waals surface area contributed by atoms with E-state index >= 15 is 0 Å². The third-order valence-electron chi connectivity index (χ3n) is 5.34. The summed E-state index contributed by atoms with van der Waals surface area (Å²) in [4.78, 5) is 4.52. The van der Waals surface area contributed by atoms with Gasteiger partial charge in [0.2, 0.25) is 5.82 Å². The Hall–Kier alpha value is -4.55. The Balaban J connectivity index is 1.52. The van der Waals surface area contributed by atoms with Gasteiger partial charge in [-0.25, -0.2) is 4.68 Å². The summed E-state index contributed by atoms with van der Waals surface area (Å²) in [7, 11) is 1.71. The fourth-order valence-corrected chi connectivity index (χ4v) is 3.41. The molecular formula is C24H23F3N8O2. The molecular weight excluding hydrogens is 489 g/mol. The van der Waals surface area contributed by atoms with Gasteiger partial charge in [-0.15, -0.1) is 5.10 Å². The molecule has 13 heteroatoms. The van der Waals surface area contributed by atoms with Crippen molar-refractivity contribution in [3.05, 3.63) is 83.7 Å². The zero-order valence-corrected chi connectivity index (χ0v) is 20.3. The molecule has 0 saturated heterocycles. The number of aryl methyl sites for hydroxylation is 2. The third kappa shape index (κ3) is 6.00. The smallest absolute Gasteiger partial charge is 0.416 e. The monoisotopic (exact) mass is 512 g/mol. The third-order valence-corrected chi connectivity index (χ3v) is 5.34. The van der Waals surface area contributed by atoms with E-state index in [9.17, 15) is 13.2 Å². The Kier molecular flexibility index (Phi) is 7.32. The first-order chi connectivity index (χ1) is 17.7. The van der Waals surface area contributed by atoms with E-state index in [1.165, 1.54) is 12.1 Å². The van der Waals surface area contributed by atoms with Crippen LogP contribution in [0.25, 0.3) is 17.0 Å². The average Bonchev–Trinajstić information content (AvgIpc) is 3.58. The first-order valence-electron chi connectivity index (χ1n) is 11.0. The van der Waals surface area contributed by atoms with Crippen molar-refractivity contribution in [3.63, 3.8) is 0 Å². The van der Waals surface area contributed by atoms with Crippen molar-refractivity contribution in [2.45, 2.75) is 33.2 Å². The van der Waals surface area contributed by atoms with Crippen LogP contribution in [-0.2, 0) is 26.4 Å². The van der Waals surface area contributed by atoms with Crippen LogP contribution >= 0.6 is 0 Å². The van der Waals surface area contributed by atoms with E-state index in [2.05, 4.69) is 37.3 Å².